The Labute approximate surface area is 72.2 Å². The molecule has 2 aliphatic rings. The van der Waals surface area contributed by atoms with Gasteiger partial charge in [0.05, 0.1) is 12.2 Å². The summed E-state index contributed by atoms with van der Waals surface area (Å²) in [6, 6.07) is 0. The molecule has 0 aliphatic heterocycles. The molecule has 1 fully saturated rings. The lowest BCUT2D eigenvalue weighted by Gasteiger charge is -2.29. The second-order valence-corrected chi connectivity index (χ2v) is 3.89. The zero-order valence-electron chi connectivity index (χ0n) is 6.98. The molecule has 0 heterocycles. The molecule has 1 saturated carbocycles. The SMILES string of the molecule is C=CCC12C=CC(C1)C(O)C2O. The number of hydrogen-bond donors (Lipinski definition) is 2. The molecule has 0 saturated heterocycles. The van der Waals surface area contributed by atoms with Crippen LogP contribution in [0.3, 0.4) is 0 Å². The molecule has 2 aliphatic carbocycles. The molecule has 0 spiro atoms. The van der Waals surface area contributed by atoms with Gasteiger partial charge in [-0.05, 0) is 12.8 Å². The fraction of sp³-hybridized carbons (Fsp3) is 0.600. The van der Waals surface area contributed by atoms with E-state index in [2.05, 4.69) is 6.58 Å². The zero-order chi connectivity index (χ0) is 8.77. The van der Waals surface area contributed by atoms with E-state index < -0.39 is 12.2 Å². The van der Waals surface area contributed by atoms with Crippen LogP contribution in [0.15, 0.2) is 24.8 Å². The standard InChI is InChI=1S/C10H14O2/c1-2-4-10-5-3-7(6-10)8(11)9(10)12/h2-3,5,7-9,11-12H,1,4,6H2. The van der Waals surface area contributed by atoms with E-state index in [1.807, 2.05) is 18.2 Å². The largest absolute Gasteiger partial charge is 0.390 e. The first-order valence-electron chi connectivity index (χ1n) is 4.36. The minimum absolute atomic E-state index is 0.167. The van der Waals surface area contributed by atoms with E-state index in [1.165, 1.54) is 0 Å². The molecule has 2 N–H and O–H groups in total. The molecule has 66 valence electrons. The van der Waals surface area contributed by atoms with Crippen molar-refractivity contribution in [2.24, 2.45) is 11.3 Å². The summed E-state index contributed by atoms with van der Waals surface area (Å²) >= 11 is 0. The van der Waals surface area contributed by atoms with Crippen LogP contribution in [0.25, 0.3) is 0 Å². The average molecular weight is 166 g/mol. The van der Waals surface area contributed by atoms with Crippen molar-refractivity contribution in [1.82, 2.24) is 0 Å². The average Bonchev–Trinajstić information content (AvgIpc) is 2.55. The summed E-state index contributed by atoms with van der Waals surface area (Å²) in [5.74, 6) is 0.167. The number of fused-ring (bicyclic) bond motifs is 2. The summed E-state index contributed by atoms with van der Waals surface area (Å²) in [4.78, 5) is 0. The van der Waals surface area contributed by atoms with Crippen molar-refractivity contribution >= 4 is 0 Å². The van der Waals surface area contributed by atoms with Crippen molar-refractivity contribution in [2.45, 2.75) is 25.0 Å². The maximum absolute atomic E-state index is 9.72. The maximum atomic E-state index is 9.72. The van der Waals surface area contributed by atoms with Crippen molar-refractivity contribution in [1.29, 1.82) is 0 Å². The Bertz CT molecular complexity index is 234. The molecule has 2 nitrogen and oxygen atoms in total. The molecule has 2 heteroatoms. The Hall–Kier alpha value is -0.600. The third kappa shape index (κ3) is 0.822. The molecule has 0 aromatic heterocycles. The quantitative estimate of drug-likeness (QED) is 0.597. The predicted molar refractivity (Wildman–Crippen MR) is 46.5 cm³/mol. The molecular formula is C10H14O2. The van der Waals surface area contributed by atoms with Gasteiger partial charge in [-0.1, -0.05) is 18.2 Å². The minimum Gasteiger partial charge on any atom is -0.390 e. The number of allylic oxidation sites excluding steroid dienone is 1. The van der Waals surface area contributed by atoms with Gasteiger partial charge >= 0.3 is 0 Å². The summed E-state index contributed by atoms with van der Waals surface area (Å²) in [6.07, 6.45) is 6.35. The fourth-order valence-electron chi connectivity index (χ4n) is 2.46. The van der Waals surface area contributed by atoms with Crippen molar-refractivity contribution in [3.05, 3.63) is 24.8 Å². The summed E-state index contributed by atoms with van der Waals surface area (Å²) in [5.41, 5.74) is -0.203. The van der Waals surface area contributed by atoms with E-state index in [4.69, 9.17) is 0 Å². The van der Waals surface area contributed by atoms with Gasteiger partial charge in [-0.2, -0.15) is 0 Å². The molecule has 0 aromatic carbocycles. The number of hydrogen-bond acceptors (Lipinski definition) is 2. The highest BCUT2D eigenvalue weighted by atomic mass is 16.3. The van der Waals surface area contributed by atoms with Crippen molar-refractivity contribution in [3.8, 4) is 0 Å². The minimum atomic E-state index is -0.592. The smallest absolute Gasteiger partial charge is 0.0898 e. The van der Waals surface area contributed by atoms with Crippen LogP contribution >= 0.6 is 0 Å². The van der Waals surface area contributed by atoms with Crippen LogP contribution in [-0.2, 0) is 0 Å². The Morgan fingerprint density at radius 1 is 1.58 bits per heavy atom. The molecule has 0 aromatic rings. The molecular weight excluding hydrogens is 152 g/mol. The Balaban J connectivity index is 2.27. The van der Waals surface area contributed by atoms with Crippen molar-refractivity contribution in [2.75, 3.05) is 0 Å². The lowest BCUT2D eigenvalue weighted by molar-refractivity contribution is -0.0143. The van der Waals surface area contributed by atoms with E-state index in [0.717, 1.165) is 12.8 Å². The van der Waals surface area contributed by atoms with Gasteiger partial charge in [0.25, 0.3) is 0 Å². The number of aliphatic hydroxyl groups excluding tert-OH is 2. The normalized spacial score (nSPS) is 50.0. The van der Waals surface area contributed by atoms with Crippen LogP contribution in [0, 0.1) is 11.3 Å². The third-order valence-corrected chi connectivity index (χ3v) is 3.17. The van der Waals surface area contributed by atoms with Gasteiger partial charge in [0.2, 0.25) is 0 Å². The molecule has 4 atom stereocenters. The van der Waals surface area contributed by atoms with E-state index >= 15 is 0 Å². The van der Waals surface area contributed by atoms with Crippen molar-refractivity contribution in [3.63, 3.8) is 0 Å². The first-order chi connectivity index (χ1) is 5.69. The molecule has 2 bridgehead atoms. The monoisotopic (exact) mass is 166 g/mol. The Kier molecular flexibility index (Phi) is 1.63. The topological polar surface area (TPSA) is 40.5 Å². The van der Waals surface area contributed by atoms with Gasteiger partial charge in [0.15, 0.2) is 0 Å². The van der Waals surface area contributed by atoms with Gasteiger partial charge in [0.1, 0.15) is 0 Å². The predicted octanol–water partition coefficient (Wildman–Crippen LogP) is 0.860. The second-order valence-electron chi connectivity index (χ2n) is 3.89. The number of aliphatic hydroxyl groups is 2. The molecule has 0 radical (unpaired) electrons. The summed E-state index contributed by atoms with van der Waals surface area (Å²) in [5, 5.41) is 19.3. The third-order valence-electron chi connectivity index (χ3n) is 3.17. The van der Waals surface area contributed by atoms with Gasteiger partial charge < -0.3 is 10.2 Å². The van der Waals surface area contributed by atoms with Crippen LogP contribution < -0.4 is 0 Å². The van der Waals surface area contributed by atoms with Gasteiger partial charge in [-0.15, -0.1) is 6.58 Å². The molecule has 2 rings (SSSR count). The number of rotatable bonds is 2. The highest BCUT2D eigenvalue weighted by Crippen LogP contribution is 2.51. The van der Waals surface area contributed by atoms with E-state index in [9.17, 15) is 10.2 Å². The Morgan fingerprint density at radius 2 is 2.33 bits per heavy atom. The highest BCUT2D eigenvalue weighted by molar-refractivity contribution is 5.23. The Morgan fingerprint density at radius 3 is 2.83 bits per heavy atom. The van der Waals surface area contributed by atoms with E-state index in [-0.39, 0.29) is 11.3 Å². The molecule has 12 heavy (non-hydrogen) atoms. The molecule has 0 amide bonds. The lowest BCUT2D eigenvalue weighted by atomic mass is 9.81. The molecule has 4 unspecified atom stereocenters. The maximum Gasteiger partial charge on any atom is 0.0898 e. The van der Waals surface area contributed by atoms with Crippen LogP contribution in [-0.4, -0.2) is 22.4 Å². The van der Waals surface area contributed by atoms with Gasteiger partial charge in [-0.25, -0.2) is 0 Å². The van der Waals surface area contributed by atoms with Gasteiger partial charge in [0, 0.05) is 11.3 Å². The van der Waals surface area contributed by atoms with Crippen LogP contribution in [0.4, 0.5) is 0 Å². The van der Waals surface area contributed by atoms with Crippen LogP contribution in [0.5, 0.6) is 0 Å². The van der Waals surface area contributed by atoms with E-state index in [1.54, 1.807) is 0 Å². The van der Waals surface area contributed by atoms with Crippen LogP contribution in [0.2, 0.25) is 0 Å². The highest BCUT2D eigenvalue weighted by Gasteiger charge is 2.52. The van der Waals surface area contributed by atoms with Gasteiger partial charge in [-0.3, -0.25) is 0 Å². The summed E-state index contributed by atoms with van der Waals surface area (Å²) in [6.45, 7) is 3.67. The lowest BCUT2D eigenvalue weighted by Crippen LogP contribution is -2.36. The summed E-state index contributed by atoms with van der Waals surface area (Å²) < 4.78 is 0. The fourth-order valence-corrected chi connectivity index (χ4v) is 2.46. The van der Waals surface area contributed by atoms with E-state index in [0.29, 0.717) is 0 Å². The first kappa shape index (κ1) is 8.02. The second kappa shape index (κ2) is 2.44. The summed E-state index contributed by atoms with van der Waals surface area (Å²) in [7, 11) is 0. The van der Waals surface area contributed by atoms with Crippen molar-refractivity contribution < 1.29 is 10.2 Å². The van der Waals surface area contributed by atoms with Crippen LogP contribution in [0.1, 0.15) is 12.8 Å². The first-order valence-corrected chi connectivity index (χ1v) is 4.36. The zero-order valence-corrected chi connectivity index (χ0v) is 6.98.